The Labute approximate surface area is 165 Å². The summed E-state index contributed by atoms with van der Waals surface area (Å²) in [5.41, 5.74) is 3.46. The van der Waals surface area contributed by atoms with Gasteiger partial charge in [-0.15, -0.1) is 0 Å². The number of morpholine rings is 1. The molecule has 0 radical (unpaired) electrons. The van der Waals surface area contributed by atoms with E-state index >= 15 is 0 Å². The van der Waals surface area contributed by atoms with Crippen molar-refractivity contribution < 1.29 is 9.53 Å². The number of hydrogen-bond acceptors (Lipinski definition) is 5. The predicted molar refractivity (Wildman–Crippen MR) is 111 cm³/mol. The van der Waals surface area contributed by atoms with Gasteiger partial charge in [0, 0.05) is 32.1 Å². The summed E-state index contributed by atoms with van der Waals surface area (Å²) < 4.78 is 6.66. The molecule has 1 aliphatic carbocycles. The van der Waals surface area contributed by atoms with Crippen LogP contribution in [-0.2, 0) is 9.53 Å². The minimum atomic E-state index is 0.170. The van der Waals surface area contributed by atoms with Crippen molar-refractivity contribution in [3.05, 3.63) is 23.3 Å². The average molecular weight is 388 g/mol. The van der Waals surface area contributed by atoms with E-state index in [9.17, 15) is 4.79 Å². The lowest BCUT2D eigenvalue weighted by atomic mass is 10.1. The molecule has 0 unspecified atom stereocenters. The first-order valence-electron chi connectivity index (χ1n) is 10.1. The molecule has 2 aromatic rings. The second-order valence-electron chi connectivity index (χ2n) is 7.80. The maximum Gasteiger partial charge on any atom is 0.231 e. The average Bonchev–Trinajstić information content (AvgIpc) is 3.36. The number of nitrogens with zero attached hydrogens (tertiary/aromatic N) is 3. The summed E-state index contributed by atoms with van der Waals surface area (Å²) >= 11 is 1.67. The Kier molecular flexibility index (Phi) is 5.76. The van der Waals surface area contributed by atoms with Crippen molar-refractivity contribution in [1.82, 2.24) is 9.88 Å². The molecule has 2 aliphatic rings. The van der Waals surface area contributed by atoms with E-state index in [-0.39, 0.29) is 11.8 Å². The summed E-state index contributed by atoms with van der Waals surface area (Å²) in [5, 5.41) is 0.868. The number of rotatable bonds is 5. The van der Waals surface area contributed by atoms with Gasteiger partial charge in [0.25, 0.3) is 0 Å². The molecule has 2 fully saturated rings. The molecular weight excluding hydrogens is 358 g/mol. The largest absolute Gasteiger partial charge is 0.379 e. The van der Waals surface area contributed by atoms with Gasteiger partial charge in [-0.3, -0.25) is 14.6 Å². The monoisotopic (exact) mass is 387 g/mol. The van der Waals surface area contributed by atoms with Crippen LogP contribution in [0.3, 0.4) is 0 Å². The van der Waals surface area contributed by atoms with Crippen LogP contribution in [0.1, 0.15) is 36.8 Å². The summed E-state index contributed by atoms with van der Waals surface area (Å²) in [5.74, 6) is 0.444. The number of aryl methyl sites for hydroxylation is 2. The first-order chi connectivity index (χ1) is 13.1. The Balaban J connectivity index is 1.61. The van der Waals surface area contributed by atoms with Crippen molar-refractivity contribution >= 4 is 32.6 Å². The van der Waals surface area contributed by atoms with Gasteiger partial charge in [-0.25, -0.2) is 4.98 Å². The number of fused-ring (bicyclic) bond motifs is 1. The first kappa shape index (κ1) is 18.8. The van der Waals surface area contributed by atoms with Gasteiger partial charge in [-0.1, -0.05) is 36.3 Å². The number of hydrogen-bond donors (Lipinski definition) is 0. The fraction of sp³-hybridized carbons (Fsp3) is 0.619. The number of anilines is 1. The maximum atomic E-state index is 13.3. The normalized spacial score (nSPS) is 19.0. The number of thiazole rings is 1. The van der Waals surface area contributed by atoms with Crippen LogP contribution in [0.5, 0.6) is 0 Å². The third-order valence-electron chi connectivity index (χ3n) is 5.88. The van der Waals surface area contributed by atoms with Crippen molar-refractivity contribution in [3.8, 4) is 0 Å². The Bertz CT molecular complexity index is 768. The molecule has 27 heavy (non-hydrogen) atoms. The summed E-state index contributed by atoms with van der Waals surface area (Å²) in [6.07, 6.45) is 4.39. The fourth-order valence-corrected chi connectivity index (χ4v) is 5.27. The predicted octanol–water partition coefficient (Wildman–Crippen LogP) is 3.77. The van der Waals surface area contributed by atoms with Gasteiger partial charge in [0.15, 0.2) is 5.13 Å². The number of carbonyl (C=O) groups excluding carboxylic acids is 1. The molecule has 1 aromatic heterocycles. The lowest BCUT2D eigenvalue weighted by molar-refractivity contribution is -0.122. The third kappa shape index (κ3) is 4.03. The van der Waals surface area contributed by atoms with E-state index in [0.717, 1.165) is 56.3 Å². The van der Waals surface area contributed by atoms with Gasteiger partial charge in [0.05, 0.1) is 23.4 Å². The van der Waals surface area contributed by atoms with Crippen LogP contribution in [0.2, 0.25) is 0 Å². The van der Waals surface area contributed by atoms with E-state index < -0.39 is 0 Å². The van der Waals surface area contributed by atoms with Crippen molar-refractivity contribution in [1.29, 1.82) is 0 Å². The fourth-order valence-electron chi connectivity index (χ4n) is 4.12. The van der Waals surface area contributed by atoms with Crippen LogP contribution >= 0.6 is 11.3 Å². The first-order valence-corrected chi connectivity index (χ1v) is 10.9. The van der Waals surface area contributed by atoms with E-state index in [2.05, 4.69) is 30.9 Å². The Morgan fingerprint density at radius 1 is 1.22 bits per heavy atom. The molecule has 146 valence electrons. The van der Waals surface area contributed by atoms with Gasteiger partial charge in [0.2, 0.25) is 5.91 Å². The minimum absolute atomic E-state index is 0.170. The highest BCUT2D eigenvalue weighted by Crippen LogP contribution is 2.35. The zero-order chi connectivity index (χ0) is 18.8. The molecule has 1 saturated heterocycles. The molecule has 5 nitrogen and oxygen atoms in total. The van der Waals surface area contributed by atoms with E-state index in [4.69, 9.17) is 9.72 Å². The van der Waals surface area contributed by atoms with Gasteiger partial charge in [-0.05, 0) is 37.8 Å². The summed E-state index contributed by atoms with van der Waals surface area (Å²) in [4.78, 5) is 22.6. The second kappa shape index (κ2) is 8.25. The van der Waals surface area contributed by atoms with E-state index in [1.54, 1.807) is 11.3 Å². The van der Waals surface area contributed by atoms with E-state index in [1.165, 1.54) is 28.7 Å². The number of carbonyl (C=O) groups is 1. The highest BCUT2D eigenvalue weighted by atomic mass is 32.1. The summed E-state index contributed by atoms with van der Waals surface area (Å²) in [7, 11) is 0. The number of benzene rings is 1. The zero-order valence-corrected chi connectivity index (χ0v) is 17.2. The van der Waals surface area contributed by atoms with Gasteiger partial charge < -0.3 is 4.74 Å². The van der Waals surface area contributed by atoms with Crippen LogP contribution in [-0.4, -0.2) is 55.2 Å². The van der Waals surface area contributed by atoms with Crippen molar-refractivity contribution in [3.63, 3.8) is 0 Å². The molecule has 1 saturated carbocycles. The quantitative estimate of drug-likeness (QED) is 0.783. The van der Waals surface area contributed by atoms with Crippen LogP contribution in [0.25, 0.3) is 10.2 Å². The van der Waals surface area contributed by atoms with E-state index in [1.807, 2.05) is 4.90 Å². The summed E-state index contributed by atoms with van der Waals surface area (Å²) in [6.45, 7) is 9.30. The molecule has 2 heterocycles. The standard InChI is InChI=1S/C21H29N3O2S/c1-15-7-8-16(2)19-18(15)22-21(27-19)24(20(25)17-5-3-4-6-17)10-9-23-11-13-26-14-12-23/h7-8,17H,3-6,9-14H2,1-2H3. The van der Waals surface area contributed by atoms with Crippen molar-refractivity contribution in [2.45, 2.75) is 39.5 Å². The molecule has 1 aromatic carbocycles. The number of amides is 1. The number of aromatic nitrogens is 1. The number of ether oxygens (including phenoxy) is 1. The SMILES string of the molecule is Cc1ccc(C)c2sc(N(CCN3CCOCC3)C(=O)C3CCCC3)nc12. The molecule has 0 spiro atoms. The van der Waals surface area contributed by atoms with Crippen LogP contribution in [0.4, 0.5) is 5.13 Å². The Morgan fingerprint density at radius 3 is 2.63 bits per heavy atom. The van der Waals surface area contributed by atoms with Crippen LogP contribution in [0.15, 0.2) is 12.1 Å². The van der Waals surface area contributed by atoms with Crippen LogP contribution < -0.4 is 4.90 Å². The maximum absolute atomic E-state index is 13.3. The highest BCUT2D eigenvalue weighted by Gasteiger charge is 2.30. The molecule has 1 amide bonds. The topological polar surface area (TPSA) is 45.7 Å². The Morgan fingerprint density at radius 2 is 1.93 bits per heavy atom. The van der Waals surface area contributed by atoms with Crippen LogP contribution in [0, 0.1) is 19.8 Å². The Hall–Kier alpha value is -1.50. The molecule has 0 N–H and O–H groups in total. The van der Waals surface area contributed by atoms with Gasteiger partial charge >= 0.3 is 0 Å². The lowest BCUT2D eigenvalue weighted by Crippen LogP contribution is -2.44. The highest BCUT2D eigenvalue weighted by molar-refractivity contribution is 7.22. The molecule has 1 aliphatic heterocycles. The van der Waals surface area contributed by atoms with Gasteiger partial charge in [-0.2, -0.15) is 0 Å². The summed E-state index contributed by atoms with van der Waals surface area (Å²) in [6, 6.07) is 4.27. The molecule has 6 heteroatoms. The molecular formula is C21H29N3O2S. The molecule has 0 atom stereocenters. The second-order valence-corrected chi connectivity index (χ2v) is 8.78. The third-order valence-corrected chi connectivity index (χ3v) is 7.09. The van der Waals surface area contributed by atoms with E-state index in [0.29, 0.717) is 6.54 Å². The minimum Gasteiger partial charge on any atom is -0.379 e. The molecule has 0 bridgehead atoms. The van der Waals surface area contributed by atoms with Gasteiger partial charge in [0.1, 0.15) is 0 Å². The molecule has 4 rings (SSSR count). The van der Waals surface area contributed by atoms with Crippen molar-refractivity contribution in [2.24, 2.45) is 5.92 Å². The van der Waals surface area contributed by atoms with Crippen molar-refractivity contribution in [2.75, 3.05) is 44.3 Å². The zero-order valence-electron chi connectivity index (χ0n) is 16.4. The lowest BCUT2D eigenvalue weighted by Gasteiger charge is -2.30. The smallest absolute Gasteiger partial charge is 0.231 e.